The topological polar surface area (TPSA) is 69.6 Å². The van der Waals surface area contributed by atoms with Crippen LogP contribution in [-0.4, -0.2) is 47.1 Å². The van der Waals surface area contributed by atoms with Crippen molar-refractivity contribution in [2.24, 2.45) is 0 Å². The summed E-state index contributed by atoms with van der Waals surface area (Å²) >= 11 is 0. The highest BCUT2D eigenvalue weighted by molar-refractivity contribution is 5.85. The summed E-state index contributed by atoms with van der Waals surface area (Å²) in [6.07, 6.45) is 1.50. The molecule has 0 radical (unpaired) electrons. The van der Waals surface area contributed by atoms with E-state index < -0.39 is 12.0 Å². The van der Waals surface area contributed by atoms with Gasteiger partial charge in [-0.25, -0.2) is 0 Å². The van der Waals surface area contributed by atoms with Gasteiger partial charge in [-0.1, -0.05) is 0 Å². The lowest BCUT2D eigenvalue weighted by molar-refractivity contribution is -0.142. The molecule has 0 aromatic rings. The van der Waals surface area contributed by atoms with E-state index in [1.54, 1.807) is 4.90 Å². The van der Waals surface area contributed by atoms with Gasteiger partial charge in [0.25, 0.3) is 0 Å². The Balaban J connectivity index is 0.00000225. The van der Waals surface area contributed by atoms with Crippen LogP contribution in [0.4, 0.5) is 0 Å². The Hall–Kier alpha value is -0.810. The molecular weight excluding hydrogens is 232 g/mol. The summed E-state index contributed by atoms with van der Waals surface area (Å²) in [5.41, 5.74) is 0. The van der Waals surface area contributed by atoms with E-state index in [0.29, 0.717) is 13.0 Å². The van der Waals surface area contributed by atoms with Crippen LogP contribution in [0.2, 0.25) is 0 Å². The molecular formula is C10H19ClN2O3. The summed E-state index contributed by atoms with van der Waals surface area (Å²) in [6.45, 7) is 4.66. The van der Waals surface area contributed by atoms with E-state index in [4.69, 9.17) is 5.11 Å². The molecule has 1 heterocycles. The van der Waals surface area contributed by atoms with Crippen LogP contribution in [0.1, 0.15) is 26.7 Å². The van der Waals surface area contributed by atoms with E-state index >= 15 is 0 Å². The smallest absolute Gasteiger partial charge is 0.320 e. The lowest BCUT2D eigenvalue weighted by Gasteiger charge is -2.20. The lowest BCUT2D eigenvalue weighted by atomic mass is 10.2. The number of rotatable bonds is 4. The zero-order valence-corrected chi connectivity index (χ0v) is 10.4. The van der Waals surface area contributed by atoms with Crippen LogP contribution in [0.25, 0.3) is 0 Å². The molecule has 0 aromatic carbocycles. The van der Waals surface area contributed by atoms with Crippen LogP contribution in [0, 0.1) is 0 Å². The normalized spacial score (nSPS) is 20.6. The zero-order valence-electron chi connectivity index (χ0n) is 9.60. The fourth-order valence-electron chi connectivity index (χ4n) is 1.85. The Morgan fingerprint density at radius 3 is 2.62 bits per heavy atom. The van der Waals surface area contributed by atoms with Crippen molar-refractivity contribution in [2.45, 2.75) is 38.8 Å². The van der Waals surface area contributed by atoms with Crippen molar-refractivity contribution < 1.29 is 14.7 Å². The predicted octanol–water partition coefficient (Wildman–Crippen LogP) is 0.482. The SMILES string of the molecule is CC(C)NC(=O)CN1CCC[C@H]1C(=O)O.Cl. The van der Waals surface area contributed by atoms with E-state index in [-0.39, 0.29) is 30.9 Å². The van der Waals surface area contributed by atoms with Gasteiger partial charge >= 0.3 is 5.97 Å². The maximum atomic E-state index is 11.4. The molecule has 0 spiro atoms. The van der Waals surface area contributed by atoms with Crippen molar-refractivity contribution in [3.63, 3.8) is 0 Å². The average Bonchev–Trinajstić information content (AvgIpc) is 2.50. The average molecular weight is 251 g/mol. The van der Waals surface area contributed by atoms with Gasteiger partial charge in [0.1, 0.15) is 6.04 Å². The maximum absolute atomic E-state index is 11.4. The lowest BCUT2D eigenvalue weighted by Crippen LogP contribution is -2.44. The molecule has 1 aliphatic heterocycles. The number of carbonyl (C=O) groups excluding carboxylic acids is 1. The first-order valence-electron chi connectivity index (χ1n) is 5.27. The van der Waals surface area contributed by atoms with E-state index in [9.17, 15) is 9.59 Å². The molecule has 6 heteroatoms. The molecule has 1 fully saturated rings. The molecule has 0 unspecified atom stereocenters. The van der Waals surface area contributed by atoms with Crippen molar-refractivity contribution >= 4 is 24.3 Å². The molecule has 1 saturated heterocycles. The number of nitrogens with one attached hydrogen (secondary N) is 1. The quantitative estimate of drug-likeness (QED) is 0.762. The third kappa shape index (κ3) is 4.37. The van der Waals surface area contributed by atoms with Crippen LogP contribution in [-0.2, 0) is 9.59 Å². The van der Waals surface area contributed by atoms with Crippen LogP contribution in [0.3, 0.4) is 0 Å². The molecule has 0 aromatic heterocycles. The van der Waals surface area contributed by atoms with Crippen LogP contribution >= 0.6 is 12.4 Å². The molecule has 1 rings (SSSR count). The number of carbonyl (C=O) groups is 2. The summed E-state index contributed by atoms with van der Waals surface area (Å²) in [4.78, 5) is 24.0. The second-order valence-electron chi connectivity index (χ2n) is 4.19. The highest BCUT2D eigenvalue weighted by atomic mass is 35.5. The van der Waals surface area contributed by atoms with E-state index in [2.05, 4.69) is 5.32 Å². The number of carboxylic acids is 1. The Bertz CT molecular complexity index is 258. The van der Waals surface area contributed by atoms with Crippen molar-refractivity contribution in [2.75, 3.05) is 13.1 Å². The minimum atomic E-state index is -0.829. The Morgan fingerprint density at radius 2 is 2.12 bits per heavy atom. The molecule has 1 amide bonds. The molecule has 0 aliphatic carbocycles. The van der Waals surface area contributed by atoms with Crippen LogP contribution < -0.4 is 5.32 Å². The molecule has 94 valence electrons. The fourth-order valence-corrected chi connectivity index (χ4v) is 1.85. The minimum absolute atomic E-state index is 0. The Labute approximate surface area is 102 Å². The monoisotopic (exact) mass is 250 g/mol. The van der Waals surface area contributed by atoms with E-state index in [0.717, 1.165) is 6.42 Å². The molecule has 16 heavy (non-hydrogen) atoms. The third-order valence-electron chi connectivity index (χ3n) is 2.45. The van der Waals surface area contributed by atoms with Gasteiger partial charge in [0.05, 0.1) is 6.54 Å². The number of aliphatic carboxylic acids is 1. The second kappa shape index (κ2) is 6.70. The largest absolute Gasteiger partial charge is 0.480 e. The number of likely N-dealkylation sites (tertiary alicyclic amines) is 1. The van der Waals surface area contributed by atoms with Gasteiger partial charge in [0.15, 0.2) is 0 Å². The second-order valence-corrected chi connectivity index (χ2v) is 4.19. The van der Waals surface area contributed by atoms with Gasteiger partial charge in [-0.15, -0.1) is 12.4 Å². The van der Waals surface area contributed by atoms with E-state index in [1.165, 1.54) is 0 Å². The van der Waals surface area contributed by atoms with Crippen LogP contribution in [0.15, 0.2) is 0 Å². The number of nitrogens with zero attached hydrogens (tertiary/aromatic N) is 1. The first-order chi connectivity index (χ1) is 7.00. The zero-order chi connectivity index (χ0) is 11.4. The highest BCUT2D eigenvalue weighted by Crippen LogP contribution is 2.16. The minimum Gasteiger partial charge on any atom is -0.480 e. The third-order valence-corrected chi connectivity index (χ3v) is 2.45. The maximum Gasteiger partial charge on any atom is 0.320 e. The summed E-state index contributed by atoms with van der Waals surface area (Å²) in [6, 6.07) is -0.383. The number of amides is 1. The molecule has 2 N–H and O–H groups in total. The van der Waals surface area contributed by atoms with Crippen LogP contribution in [0.5, 0.6) is 0 Å². The standard InChI is InChI=1S/C10H18N2O3.ClH/c1-7(2)11-9(13)6-12-5-3-4-8(12)10(14)15;/h7-8H,3-6H2,1-2H3,(H,11,13)(H,14,15);1H/t8-;/m0./s1. The molecule has 0 bridgehead atoms. The molecule has 5 nitrogen and oxygen atoms in total. The summed E-state index contributed by atoms with van der Waals surface area (Å²) in [5.74, 6) is -0.928. The van der Waals surface area contributed by atoms with Gasteiger partial charge in [0, 0.05) is 6.04 Å². The molecule has 1 aliphatic rings. The molecule has 1 atom stereocenters. The Morgan fingerprint density at radius 1 is 1.50 bits per heavy atom. The summed E-state index contributed by atoms with van der Waals surface area (Å²) in [5, 5.41) is 11.7. The number of hydrogen-bond donors (Lipinski definition) is 2. The van der Waals surface area contributed by atoms with Gasteiger partial charge in [-0.05, 0) is 33.2 Å². The molecule has 0 saturated carbocycles. The van der Waals surface area contributed by atoms with Gasteiger partial charge in [-0.3, -0.25) is 14.5 Å². The van der Waals surface area contributed by atoms with Gasteiger partial charge < -0.3 is 10.4 Å². The summed E-state index contributed by atoms with van der Waals surface area (Å²) in [7, 11) is 0. The van der Waals surface area contributed by atoms with Crippen molar-refractivity contribution in [3.8, 4) is 0 Å². The number of carboxylic acid groups (broad SMARTS) is 1. The Kier molecular flexibility index (Phi) is 6.36. The number of halogens is 1. The van der Waals surface area contributed by atoms with Crippen molar-refractivity contribution in [1.29, 1.82) is 0 Å². The van der Waals surface area contributed by atoms with Gasteiger partial charge in [-0.2, -0.15) is 0 Å². The first kappa shape index (κ1) is 15.2. The fraction of sp³-hybridized carbons (Fsp3) is 0.800. The highest BCUT2D eigenvalue weighted by Gasteiger charge is 2.31. The summed E-state index contributed by atoms with van der Waals surface area (Å²) < 4.78 is 0. The predicted molar refractivity (Wildman–Crippen MR) is 62.8 cm³/mol. The van der Waals surface area contributed by atoms with Crippen molar-refractivity contribution in [3.05, 3.63) is 0 Å². The first-order valence-corrected chi connectivity index (χ1v) is 5.27. The van der Waals surface area contributed by atoms with E-state index in [1.807, 2.05) is 13.8 Å². The van der Waals surface area contributed by atoms with Crippen molar-refractivity contribution in [1.82, 2.24) is 10.2 Å². The number of hydrogen-bond acceptors (Lipinski definition) is 3. The van der Waals surface area contributed by atoms with Gasteiger partial charge in [0.2, 0.25) is 5.91 Å².